The van der Waals surface area contributed by atoms with Crippen LogP contribution in [0, 0.1) is 0 Å². The molecule has 0 spiro atoms. The van der Waals surface area contributed by atoms with Crippen LogP contribution in [-0.2, 0) is 0 Å². The molecule has 0 radical (unpaired) electrons. The van der Waals surface area contributed by atoms with Crippen LogP contribution in [0.15, 0.2) is 17.0 Å². The maximum absolute atomic E-state index is 11.3. The van der Waals surface area contributed by atoms with Gasteiger partial charge in [0.15, 0.2) is 17.3 Å². The average molecular weight is 260 g/mol. The zero-order chi connectivity index (χ0) is 12.5. The third kappa shape index (κ3) is 3.78. The summed E-state index contributed by atoms with van der Waals surface area (Å²) in [6.07, 6.45) is 0. The van der Waals surface area contributed by atoms with Crippen LogP contribution in [0.5, 0.6) is 0 Å². The molecule has 0 unspecified atom stereocenters. The van der Waals surface area contributed by atoms with Gasteiger partial charge in [-0.25, -0.2) is 0 Å². The van der Waals surface area contributed by atoms with E-state index in [0.29, 0.717) is 21.6 Å². The van der Waals surface area contributed by atoms with Crippen LogP contribution in [0.4, 0.5) is 0 Å². The molecule has 3 nitrogen and oxygen atoms in total. The quantitative estimate of drug-likeness (QED) is 0.461. The molecule has 0 N–H and O–H groups in total. The average Bonchev–Trinajstić information content (AvgIpc) is 2.16. The molecule has 0 aliphatic rings. The first-order valence-corrected chi connectivity index (χ1v) is 5.19. The molecule has 0 saturated carbocycles. The molecule has 0 saturated heterocycles. The van der Waals surface area contributed by atoms with E-state index in [9.17, 15) is 14.4 Å². The van der Waals surface area contributed by atoms with Crippen molar-refractivity contribution in [3.8, 4) is 0 Å². The van der Waals surface area contributed by atoms with E-state index in [1.807, 2.05) is 0 Å². The van der Waals surface area contributed by atoms with Gasteiger partial charge in [-0.2, -0.15) is 0 Å². The summed E-state index contributed by atoms with van der Waals surface area (Å²) in [4.78, 5) is 34.3. The number of ketones is 3. The normalized spacial score (nSPS) is 9.41. The van der Waals surface area contributed by atoms with Gasteiger partial charge < -0.3 is 1.43 Å². The second-order valence-corrected chi connectivity index (χ2v) is 4.04. The summed E-state index contributed by atoms with van der Waals surface area (Å²) >= 11 is 4.15. The van der Waals surface area contributed by atoms with Gasteiger partial charge in [-0.1, -0.05) is 0 Å². The van der Waals surface area contributed by atoms with Crippen molar-refractivity contribution >= 4 is 30.0 Å². The zero-order valence-corrected chi connectivity index (χ0v) is 13.2. The molecule has 0 amide bonds. The third-order valence-corrected chi connectivity index (χ3v) is 2.76. The predicted molar refractivity (Wildman–Crippen MR) is 64.8 cm³/mol. The van der Waals surface area contributed by atoms with Crippen molar-refractivity contribution in [1.82, 2.24) is 0 Å². The summed E-state index contributed by atoms with van der Waals surface area (Å²) in [5.74, 6) is -0.607. The van der Waals surface area contributed by atoms with Gasteiger partial charge in [0.05, 0.1) is 0 Å². The third-order valence-electron chi connectivity index (χ3n) is 2.28. The van der Waals surface area contributed by atoms with E-state index in [1.165, 1.54) is 32.9 Å². The molecule has 1 rings (SSSR count). The number of hydrogen-bond donors (Lipinski definition) is 1. The van der Waals surface area contributed by atoms with E-state index in [1.54, 1.807) is 0 Å². The Labute approximate surface area is 129 Å². The maximum Gasteiger partial charge on any atom is 1.00 e. The molecular formula is C12H13NaO3S. The first kappa shape index (κ1) is 16.6. The van der Waals surface area contributed by atoms with E-state index < -0.39 is 0 Å². The Morgan fingerprint density at radius 3 is 1.53 bits per heavy atom. The van der Waals surface area contributed by atoms with Gasteiger partial charge in [-0.05, 0) is 32.9 Å². The number of hydrogen-bond acceptors (Lipinski definition) is 4. The number of rotatable bonds is 3. The van der Waals surface area contributed by atoms with Crippen molar-refractivity contribution in [2.24, 2.45) is 0 Å². The van der Waals surface area contributed by atoms with Gasteiger partial charge in [-0.3, -0.25) is 14.4 Å². The molecule has 17 heavy (non-hydrogen) atoms. The minimum absolute atomic E-state index is 0. The number of thiol groups is 1. The van der Waals surface area contributed by atoms with Crippen molar-refractivity contribution in [2.45, 2.75) is 25.7 Å². The molecule has 0 aromatic heterocycles. The minimum atomic E-state index is -0.212. The summed E-state index contributed by atoms with van der Waals surface area (Å²) in [7, 11) is 0. The second-order valence-electron chi connectivity index (χ2n) is 3.59. The molecular weight excluding hydrogens is 247 g/mol. The van der Waals surface area contributed by atoms with Crippen LogP contribution < -0.4 is 29.6 Å². The molecule has 1 aromatic carbocycles. The Bertz CT molecular complexity index is 465. The van der Waals surface area contributed by atoms with E-state index in [2.05, 4.69) is 12.6 Å². The summed E-state index contributed by atoms with van der Waals surface area (Å²) in [6.45, 7) is 4.15. The summed E-state index contributed by atoms with van der Waals surface area (Å²) < 4.78 is 0. The van der Waals surface area contributed by atoms with Crippen LogP contribution in [0.3, 0.4) is 0 Å². The van der Waals surface area contributed by atoms with E-state index in [4.69, 9.17) is 0 Å². The van der Waals surface area contributed by atoms with Crippen LogP contribution in [0.2, 0.25) is 0 Å². The van der Waals surface area contributed by atoms with Crippen molar-refractivity contribution in [2.75, 3.05) is 0 Å². The summed E-state index contributed by atoms with van der Waals surface area (Å²) in [5, 5.41) is 0. The van der Waals surface area contributed by atoms with Gasteiger partial charge in [0.25, 0.3) is 0 Å². The van der Waals surface area contributed by atoms with Gasteiger partial charge in [-0.15, -0.1) is 12.6 Å². The van der Waals surface area contributed by atoms with Gasteiger partial charge >= 0.3 is 29.6 Å². The largest absolute Gasteiger partial charge is 1.00 e. The Hall–Kier alpha value is -0.420. The van der Waals surface area contributed by atoms with E-state index >= 15 is 0 Å². The molecule has 1 aromatic rings. The molecule has 0 heterocycles. The van der Waals surface area contributed by atoms with Crippen molar-refractivity contribution in [3.05, 3.63) is 28.8 Å². The molecule has 0 aliphatic heterocycles. The fourth-order valence-electron chi connectivity index (χ4n) is 1.37. The van der Waals surface area contributed by atoms with Crippen LogP contribution >= 0.6 is 12.6 Å². The van der Waals surface area contributed by atoms with Gasteiger partial charge in [0.2, 0.25) is 0 Å². The smallest absolute Gasteiger partial charge is 1.00 e. The Morgan fingerprint density at radius 2 is 1.29 bits per heavy atom. The van der Waals surface area contributed by atoms with Crippen molar-refractivity contribution in [3.63, 3.8) is 0 Å². The number of benzene rings is 1. The van der Waals surface area contributed by atoms with E-state index in [-0.39, 0.29) is 48.3 Å². The SMILES string of the molecule is CC(=O)c1cc(C(C)=O)c(S)c(C(C)=O)c1.[H-].[Na+]. The molecule has 0 atom stereocenters. The topological polar surface area (TPSA) is 51.2 Å². The number of carbonyl (C=O) groups is 3. The fraction of sp³-hybridized carbons (Fsp3) is 0.250. The number of carbonyl (C=O) groups excluding carboxylic acids is 3. The Kier molecular flexibility index (Phi) is 6.34. The van der Waals surface area contributed by atoms with Crippen LogP contribution in [0.1, 0.15) is 53.3 Å². The Morgan fingerprint density at radius 1 is 0.941 bits per heavy atom. The van der Waals surface area contributed by atoms with Gasteiger partial charge in [0.1, 0.15) is 0 Å². The summed E-state index contributed by atoms with van der Waals surface area (Å²) in [5.41, 5.74) is 0.968. The standard InChI is InChI=1S/C12H12O3S.Na.H/c1-6(13)9-4-10(7(2)14)12(16)11(5-9)8(3)15;;/h4-5,16H,1-3H3;;/q;+1;-1. The zero-order valence-electron chi connectivity index (χ0n) is 11.3. The first-order valence-electron chi connectivity index (χ1n) is 4.74. The van der Waals surface area contributed by atoms with Gasteiger partial charge in [0, 0.05) is 21.6 Å². The first-order chi connectivity index (χ1) is 7.34. The molecule has 0 aliphatic carbocycles. The van der Waals surface area contributed by atoms with Crippen LogP contribution in [-0.4, -0.2) is 17.3 Å². The molecule has 0 fully saturated rings. The predicted octanol–water partition coefficient (Wildman–Crippen LogP) is -0.300. The fourth-order valence-corrected chi connectivity index (χ4v) is 1.82. The second kappa shape index (κ2) is 6.50. The van der Waals surface area contributed by atoms with Crippen LogP contribution in [0.25, 0.3) is 0 Å². The Balaban J connectivity index is 0. The maximum atomic E-state index is 11.3. The summed E-state index contributed by atoms with van der Waals surface area (Å²) in [6, 6.07) is 2.94. The minimum Gasteiger partial charge on any atom is -1.00 e. The molecule has 0 bridgehead atoms. The molecule has 86 valence electrons. The molecule has 5 heteroatoms. The number of Topliss-reactive ketones (excluding diaryl/α,β-unsaturated/α-hetero) is 3. The van der Waals surface area contributed by atoms with Crippen molar-refractivity contribution in [1.29, 1.82) is 0 Å². The van der Waals surface area contributed by atoms with Crippen molar-refractivity contribution < 1.29 is 45.4 Å². The monoisotopic (exact) mass is 260 g/mol. The van der Waals surface area contributed by atoms with E-state index in [0.717, 1.165) is 0 Å².